The van der Waals surface area contributed by atoms with Gasteiger partial charge in [0.05, 0.1) is 6.10 Å². The summed E-state index contributed by atoms with van der Waals surface area (Å²) in [6.07, 6.45) is 2.67. The average molecular weight is 340 g/mol. The lowest BCUT2D eigenvalue weighted by atomic mass is 9.71. The van der Waals surface area contributed by atoms with Crippen molar-refractivity contribution in [3.63, 3.8) is 0 Å². The van der Waals surface area contributed by atoms with Crippen molar-refractivity contribution in [1.29, 1.82) is 0 Å². The van der Waals surface area contributed by atoms with Gasteiger partial charge in [0.2, 0.25) is 0 Å². The summed E-state index contributed by atoms with van der Waals surface area (Å²) in [7, 11) is 0. The zero-order chi connectivity index (χ0) is 17.8. The van der Waals surface area contributed by atoms with Crippen LogP contribution in [0.1, 0.15) is 42.1 Å². The Labute approximate surface area is 155 Å². The molecular formula is C25H24O. The van der Waals surface area contributed by atoms with Crippen molar-refractivity contribution in [3.8, 4) is 0 Å². The molecule has 1 saturated carbocycles. The molecule has 1 aliphatic rings. The van der Waals surface area contributed by atoms with E-state index in [1.807, 2.05) is 30.3 Å². The first-order chi connectivity index (χ1) is 12.8. The summed E-state index contributed by atoms with van der Waals surface area (Å²) in [4.78, 5) is 0. The van der Waals surface area contributed by atoms with Crippen LogP contribution in [-0.2, 0) is 0 Å². The lowest BCUT2D eigenvalue weighted by molar-refractivity contribution is 0.139. The fourth-order valence-electron chi connectivity index (χ4n) is 3.91. The Bertz CT molecular complexity index is 824. The molecule has 3 aromatic carbocycles. The van der Waals surface area contributed by atoms with Gasteiger partial charge in [-0.25, -0.2) is 0 Å². The number of hydrogen-bond donors (Lipinski definition) is 1. The van der Waals surface area contributed by atoms with Crippen molar-refractivity contribution in [3.05, 3.63) is 113 Å². The summed E-state index contributed by atoms with van der Waals surface area (Å²) < 4.78 is 0. The minimum absolute atomic E-state index is 0.399. The van der Waals surface area contributed by atoms with Crippen LogP contribution < -0.4 is 0 Å². The predicted molar refractivity (Wildman–Crippen MR) is 108 cm³/mol. The third-order valence-corrected chi connectivity index (χ3v) is 5.39. The molecule has 1 nitrogen and oxygen atoms in total. The summed E-state index contributed by atoms with van der Waals surface area (Å²) in [6.45, 7) is 0. The molecule has 0 unspecified atom stereocenters. The minimum atomic E-state index is -0.399. The van der Waals surface area contributed by atoms with Gasteiger partial charge in [-0.05, 0) is 47.4 Å². The summed E-state index contributed by atoms with van der Waals surface area (Å²) in [5.41, 5.74) is 6.39. The minimum Gasteiger partial charge on any atom is -0.388 e. The van der Waals surface area contributed by atoms with Crippen molar-refractivity contribution >= 4 is 5.57 Å². The molecule has 130 valence electrons. The van der Waals surface area contributed by atoms with Crippen molar-refractivity contribution < 1.29 is 5.11 Å². The topological polar surface area (TPSA) is 20.2 Å². The Balaban J connectivity index is 1.67. The second kappa shape index (κ2) is 7.72. The first-order valence-electron chi connectivity index (χ1n) is 9.40. The fourth-order valence-corrected chi connectivity index (χ4v) is 3.91. The zero-order valence-corrected chi connectivity index (χ0v) is 14.9. The van der Waals surface area contributed by atoms with E-state index in [1.165, 1.54) is 22.3 Å². The maximum Gasteiger partial charge on any atom is 0.0795 e. The molecule has 1 heteroatoms. The number of aliphatic hydroxyl groups excluding tert-OH is 1. The van der Waals surface area contributed by atoms with E-state index in [2.05, 4.69) is 60.7 Å². The maximum atomic E-state index is 10.7. The van der Waals surface area contributed by atoms with E-state index in [0.29, 0.717) is 5.92 Å². The number of aliphatic hydroxyl groups is 1. The highest BCUT2D eigenvalue weighted by Gasteiger charge is 2.30. The monoisotopic (exact) mass is 340 g/mol. The SMILES string of the molecule is O[C@@H](C[C@H]1CCC1=C(c1ccccc1)c1ccccc1)c1ccccc1. The molecule has 26 heavy (non-hydrogen) atoms. The van der Waals surface area contributed by atoms with E-state index in [9.17, 15) is 5.11 Å². The molecule has 1 fully saturated rings. The van der Waals surface area contributed by atoms with Gasteiger partial charge in [0.25, 0.3) is 0 Å². The Hall–Kier alpha value is -2.64. The fraction of sp³-hybridized carbons (Fsp3) is 0.200. The molecule has 0 spiro atoms. The van der Waals surface area contributed by atoms with Gasteiger partial charge in [-0.2, -0.15) is 0 Å². The molecule has 0 aromatic heterocycles. The van der Waals surface area contributed by atoms with Gasteiger partial charge in [0.15, 0.2) is 0 Å². The van der Waals surface area contributed by atoms with Crippen LogP contribution in [0.25, 0.3) is 5.57 Å². The van der Waals surface area contributed by atoms with Crippen LogP contribution >= 0.6 is 0 Å². The van der Waals surface area contributed by atoms with Crippen molar-refractivity contribution in [1.82, 2.24) is 0 Å². The molecule has 0 aliphatic heterocycles. The zero-order valence-electron chi connectivity index (χ0n) is 14.9. The van der Waals surface area contributed by atoms with Crippen LogP contribution in [0.3, 0.4) is 0 Å². The van der Waals surface area contributed by atoms with Crippen LogP contribution in [-0.4, -0.2) is 5.11 Å². The van der Waals surface area contributed by atoms with Gasteiger partial charge in [-0.3, -0.25) is 0 Å². The Kier molecular flexibility index (Phi) is 4.99. The molecule has 0 heterocycles. The van der Waals surface area contributed by atoms with E-state index in [1.54, 1.807) is 0 Å². The van der Waals surface area contributed by atoms with E-state index in [0.717, 1.165) is 24.8 Å². The lowest BCUT2D eigenvalue weighted by Gasteiger charge is -2.35. The van der Waals surface area contributed by atoms with E-state index < -0.39 is 6.10 Å². The normalized spacial score (nSPS) is 17.4. The average Bonchev–Trinajstić information content (AvgIpc) is 2.71. The molecular weight excluding hydrogens is 316 g/mol. The quantitative estimate of drug-likeness (QED) is 0.602. The Morgan fingerprint density at radius 2 is 1.27 bits per heavy atom. The van der Waals surface area contributed by atoms with Crippen molar-refractivity contribution in [2.24, 2.45) is 5.92 Å². The van der Waals surface area contributed by atoms with Gasteiger partial charge in [0.1, 0.15) is 0 Å². The number of allylic oxidation sites excluding steroid dienone is 1. The largest absolute Gasteiger partial charge is 0.388 e. The Morgan fingerprint density at radius 1 is 0.769 bits per heavy atom. The van der Waals surface area contributed by atoms with E-state index >= 15 is 0 Å². The van der Waals surface area contributed by atoms with Crippen LogP contribution in [0, 0.1) is 5.92 Å². The second-order valence-corrected chi connectivity index (χ2v) is 7.03. The maximum absolute atomic E-state index is 10.7. The lowest BCUT2D eigenvalue weighted by Crippen LogP contribution is -2.20. The summed E-state index contributed by atoms with van der Waals surface area (Å²) >= 11 is 0. The van der Waals surface area contributed by atoms with E-state index in [4.69, 9.17) is 0 Å². The summed E-state index contributed by atoms with van der Waals surface area (Å²) in [5.74, 6) is 0.445. The second-order valence-electron chi connectivity index (χ2n) is 7.03. The molecule has 1 aliphatic carbocycles. The smallest absolute Gasteiger partial charge is 0.0795 e. The van der Waals surface area contributed by atoms with Gasteiger partial charge in [0, 0.05) is 0 Å². The van der Waals surface area contributed by atoms with Crippen LogP contribution in [0.4, 0.5) is 0 Å². The van der Waals surface area contributed by atoms with Crippen LogP contribution in [0.2, 0.25) is 0 Å². The first kappa shape index (κ1) is 16.8. The molecule has 3 aromatic rings. The Morgan fingerprint density at radius 3 is 1.73 bits per heavy atom. The number of rotatable bonds is 5. The molecule has 2 atom stereocenters. The number of hydrogen-bond acceptors (Lipinski definition) is 1. The molecule has 4 rings (SSSR count). The van der Waals surface area contributed by atoms with Crippen molar-refractivity contribution in [2.45, 2.75) is 25.4 Å². The number of benzene rings is 3. The van der Waals surface area contributed by atoms with Crippen molar-refractivity contribution in [2.75, 3.05) is 0 Å². The first-order valence-corrected chi connectivity index (χ1v) is 9.40. The third kappa shape index (κ3) is 3.49. The third-order valence-electron chi connectivity index (χ3n) is 5.39. The summed E-state index contributed by atoms with van der Waals surface area (Å²) in [6, 6.07) is 31.3. The predicted octanol–water partition coefficient (Wildman–Crippen LogP) is 6.02. The highest BCUT2D eigenvalue weighted by atomic mass is 16.3. The van der Waals surface area contributed by atoms with E-state index in [-0.39, 0.29) is 0 Å². The van der Waals surface area contributed by atoms with Gasteiger partial charge >= 0.3 is 0 Å². The highest BCUT2D eigenvalue weighted by molar-refractivity contribution is 5.83. The van der Waals surface area contributed by atoms with Gasteiger partial charge in [-0.1, -0.05) is 96.6 Å². The van der Waals surface area contributed by atoms with Gasteiger partial charge < -0.3 is 5.11 Å². The molecule has 0 amide bonds. The molecule has 1 N–H and O–H groups in total. The van der Waals surface area contributed by atoms with Crippen LogP contribution in [0.15, 0.2) is 96.6 Å². The highest BCUT2D eigenvalue weighted by Crippen LogP contribution is 2.45. The molecule has 0 saturated heterocycles. The summed E-state index contributed by atoms with van der Waals surface area (Å²) in [5, 5.41) is 10.7. The standard InChI is InChI=1S/C25H24O/c26-24(19-10-4-1-5-11-19)18-22-16-17-23(22)25(20-12-6-2-7-13-20)21-14-8-3-9-15-21/h1-15,22,24,26H,16-18H2/t22-,24+/m1/s1. The van der Waals surface area contributed by atoms with Crippen LogP contribution in [0.5, 0.6) is 0 Å². The molecule has 0 radical (unpaired) electrons. The van der Waals surface area contributed by atoms with Gasteiger partial charge in [-0.15, -0.1) is 0 Å². The molecule has 0 bridgehead atoms.